The van der Waals surface area contributed by atoms with Crippen molar-refractivity contribution < 1.29 is 14.3 Å². The Bertz CT molecular complexity index is 782. The molecule has 0 spiro atoms. The summed E-state index contributed by atoms with van der Waals surface area (Å²) in [6, 6.07) is 19.0. The fourth-order valence-corrected chi connectivity index (χ4v) is 2.73. The van der Waals surface area contributed by atoms with E-state index in [0.717, 1.165) is 11.3 Å². The summed E-state index contributed by atoms with van der Waals surface area (Å²) in [5.74, 6) is 1.76. The third-order valence-corrected chi connectivity index (χ3v) is 4.17. The average Bonchev–Trinajstić information content (AvgIpc) is 2.67. The molecule has 0 aliphatic carbocycles. The predicted octanol–water partition coefficient (Wildman–Crippen LogP) is 5.35. The molecule has 134 valence electrons. The number of amides is 1. The van der Waals surface area contributed by atoms with Gasteiger partial charge < -0.3 is 9.47 Å². The molecular weight excluding hydrogens is 326 g/mol. The maximum Gasteiger partial charge on any atom is 0.423 e. The minimum absolute atomic E-state index is 0.125. The summed E-state index contributed by atoms with van der Waals surface area (Å²) < 4.78 is 11.4. The van der Waals surface area contributed by atoms with E-state index in [0.29, 0.717) is 18.3 Å². The summed E-state index contributed by atoms with van der Waals surface area (Å²) in [5.41, 5.74) is 1.09. The topological polar surface area (TPSA) is 38.8 Å². The smallest absolute Gasteiger partial charge is 0.423 e. The lowest BCUT2D eigenvalue weighted by atomic mass is 9.92. The molecule has 0 saturated heterocycles. The monoisotopic (exact) mass is 349 g/mol. The summed E-state index contributed by atoms with van der Waals surface area (Å²) in [6.45, 7) is 4.73. The molecule has 26 heavy (non-hydrogen) atoms. The minimum Gasteiger partial charge on any atom is -0.491 e. The van der Waals surface area contributed by atoms with Crippen LogP contribution in [-0.4, -0.2) is 11.0 Å². The van der Waals surface area contributed by atoms with Crippen LogP contribution in [0.1, 0.15) is 19.4 Å². The van der Waals surface area contributed by atoms with Gasteiger partial charge in [0.15, 0.2) is 0 Å². The molecule has 1 amide bonds. The van der Waals surface area contributed by atoms with Gasteiger partial charge in [-0.25, -0.2) is 4.79 Å². The van der Waals surface area contributed by atoms with E-state index in [1.165, 1.54) is 4.90 Å². The van der Waals surface area contributed by atoms with Crippen LogP contribution in [0.5, 0.6) is 5.75 Å². The van der Waals surface area contributed by atoms with Crippen molar-refractivity contribution >= 4 is 6.09 Å². The van der Waals surface area contributed by atoms with Crippen molar-refractivity contribution in [1.82, 2.24) is 4.90 Å². The van der Waals surface area contributed by atoms with Gasteiger partial charge in [-0.05, 0) is 23.6 Å². The molecule has 1 aliphatic heterocycles. The molecule has 2 aromatic rings. The SMILES string of the molecule is CC(C)C1C=CN(C(=O)Oc2ccccc2)C=C1OCc1ccccc1. The van der Waals surface area contributed by atoms with Gasteiger partial charge in [-0.3, -0.25) is 4.90 Å². The molecule has 1 unspecified atom stereocenters. The Morgan fingerprint density at radius 3 is 2.35 bits per heavy atom. The zero-order valence-corrected chi connectivity index (χ0v) is 15.0. The molecule has 4 heteroatoms. The van der Waals surface area contributed by atoms with E-state index in [-0.39, 0.29) is 5.92 Å². The molecule has 1 aliphatic rings. The van der Waals surface area contributed by atoms with Crippen molar-refractivity contribution in [3.8, 4) is 5.75 Å². The van der Waals surface area contributed by atoms with E-state index < -0.39 is 6.09 Å². The lowest BCUT2D eigenvalue weighted by Crippen LogP contribution is -2.29. The lowest BCUT2D eigenvalue weighted by Gasteiger charge is -2.27. The second-order valence-electron chi connectivity index (χ2n) is 6.51. The number of allylic oxidation sites excluding steroid dienone is 1. The van der Waals surface area contributed by atoms with Gasteiger partial charge in [0.2, 0.25) is 0 Å². The van der Waals surface area contributed by atoms with Gasteiger partial charge >= 0.3 is 6.09 Å². The third kappa shape index (κ3) is 4.54. The number of carbonyl (C=O) groups excluding carboxylic acids is 1. The highest BCUT2D eigenvalue weighted by atomic mass is 16.6. The Morgan fingerprint density at radius 1 is 1.04 bits per heavy atom. The molecular formula is C22H23NO3. The molecule has 1 atom stereocenters. The van der Waals surface area contributed by atoms with Gasteiger partial charge in [0.1, 0.15) is 18.1 Å². The van der Waals surface area contributed by atoms with Crippen LogP contribution in [0.3, 0.4) is 0 Å². The maximum absolute atomic E-state index is 12.4. The lowest BCUT2D eigenvalue weighted by molar-refractivity contribution is 0.145. The van der Waals surface area contributed by atoms with E-state index >= 15 is 0 Å². The van der Waals surface area contributed by atoms with Crippen molar-refractivity contribution in [1.29, 1.82) is 0 Å². The van der Waals surface area contributed by atoms with Crippen LogP contribution in [0.4, 0.5) is 4.79 Å². The number of para-hydroxylation sites is 1. The normalized spacial score (nSPS) is 16.3. The first-order valence-electron chi connectivity index (χ1n) is 8.75. The van der Waals surface area contributed by atoms with Crippen molar-refractivity contribution in [2.45, 2.75) is 20.5 Å². The Balaban J connectivity index is 1.71. The number of carbonyl (C=O) groups is 1. The van der Waals surface area contributed by atoms with E-state index in [1.807, 2.05) is 54.6 Å². The van der Waals surface area contributed by atoms with Gasteiger partial charge in [0, 0.05) is 12.1 Å². The van der Waals surface area contributed by atoms with Crippen molar-refractivity contribution in [2.75, 3.05) is 0 Å². The fraction of sp³-hybridized carbons (Fsp3) is 0.227. The first-order valence-corrected chi connectivity index (χ1v) is 8.75. The molecule has 0 saturated carbocycles. The molecule has 2 aromatic carbocycles. The number of rotatable bonds is 5. The zero-order chi connectivity index (χ0) is 18.4. The van der Waals surface area contributed by atoms with Crippen molar-refractivity contribution in [3.63, 3.8) is 0 Å². The molecule has 4 nitrogen and oxygen atoms in total. The molecule has 0 bridgehead atoms. The minimum atomic E-state index is -0.463. The van der Waals surface area contributed by atoms with Crippen LogP contribution < -0.4 is 4.74 Å². The van der Waals surface area contributed by atoms with Crippen LogP contribution >= 0.6 is 0 Å². The van der Waals surface area contributed by atoms with Crippen molar-refractivity contribution in [2.24, 2.45) is 11.8 Å². The predicted molar refractivity (Wildman–Crippen MR) is 101 cm³/mol. The number of nitrogens with zero attached hydrogens (tertiary/aromatic N) is 1. The number of benzene rings is 2. The Labute approximate surface area is 154 Å². The fourth-order valence-electron chi connectivity index (χ4n) is 2.73. The van der Waals surface area contributed by atoms with Crippen molar-refractivity contribution in [3.05, 3.63) is 90.5 Å². The van der Waals surface area contributed by atoms with E-state index in [4.69, 9.17) is 9.47 Å². The highest BCUT2D eigenvalue weighted by Gasteiger charge is 2.25. The summed E-state index contributed by atoms with van der Waals surface area (Å²) >= 11 is 0. The molecule has 0 N–H and O–H groups in total. The van der Waals surface area contributed by atoms with Gasteiger partial charge in [0.25, 0.3) is 0 Å². The Morgan fingerprint density at radius 2 is 1.69 bits per heavy atom. The van der Waals surface area contributed by atoms with Crippen LogP contribution in [-0.2, 0) is 11.3 Å². The summed E-state index contributed by atoms with van der Waals surface area (Å²) in [6.07, 6.45) is 4.98. The van der Waals surface area contributed by atoms with E-state index in [1.54, 1.807) is 24.5 Å². The number of ether oxygens (including phenoxy) is 2. The van der Waals surface area contributed by atoms with Gasteiger partial charge in [-0.1, -0.05) is 68.5 Å². The standard InChI is InChI=1S/C22H23NO3/c1-17(2)20-13-14-23(22(24)26-19-11-7-4-8-12-19)15-21(20)25-16-18-9-5-3-6-10-18/h3-15,17,20H,16H2,1-2H3. The first-order chi connectivity index (χ1) is 12.6. The number of hydrogen-bond acceptors (Lipinski definition) is 3. The molecule has 0 radical (unpaired) electrons. The molecule has 0 aromatic heterocycles. The van der Waals surface area contributed by atoms with E-state index in [2.05, 4.69) is 13.8 Å². The van der Waals surface area contributed by atoms with Crippen LogP contribution in [0.25, 0.3) is 0 Å². The summed E-state index contributed by atoms with van der Waals surface area (Å²) in [7, 11) is 0. The highest BCUT2D eigenvalue weighted by Crippen LogP contribution is 2.28. The second-order valence-corrected chi connectivity index (χ2v) is 6.51. The van der Waals surface area contributed by atoms with Crippen LogP contribution in [0.2, 0.25) is 0 Å². The van der Waals surface area contributed by atoms with E-state index in [9.17, 15) is 4.79 Å². The molecule has 3 rings (SSSR count). The maximum atomic E-state index is 12.4. The van der Waals surface area contributed by atoms with Gasteiger partial charge in [0.05, 0.1) is 6.20 Å². The van der Waals surface area contributed by atoms with Gasteiger partial charge in [-0.2, -0.15) is 0 Å². The molecule has 1 heterocycles. The Hall–Kier alpha value is -3.01. The summed E-state index contributed by atoms with van der Waals surface area (Å²) in [4.78, 5) is 13.8. The second kappa shape index (κ2) is 8.39. The highest BCUT2D eigenvalue weighted by molar-refractivity contribution is 5.73. The molecule has 0 fully saturated rings. The number of hydrogen-bond donors (Lipinski definition) is 0. The third-order valence-electron chi connectivity index (χ3n) is 4.17. The average molecular weight is 349 g/mol. The quantitative estimate of drug-likeness (QED) is 0.731. The zero-order valence-electron chi connectivity index (χ0n) is 15.0. The Kier molecular flexibility index (Phi) is 5.74. The first kappa shape index (κ1) is 17.8. The van der Waals surface area contributed by atoms with Gasteiger partial charge in [-0.15, -0.1) is 0 Å². The van der Waals surface area contributed by atoms with Crippen LogP contribution in [0.15, 0.2) is 84.9 Å². The van der Waals surface area contributed by atoms with Crippen LogP contribution in [0, 0.1) is 11.8 Å². The largest absolute Gasteiger partial charge is 0.491 e. The summed E-state index contributed by atoms with van der Waals surface area (Å²) in [5, 5.41) is 0.